The van der Waals surface area contributed by atoms with Gasteiger partial charge in [-0.15, -0.1) is 0 Å². The van der Waals surface area contributed by atoms with Crippen LogP contribution in [0.3, 0.4) is 0 Å². The molecule has 0 aromatic heterocycles. The Morgan fingerprint density at radius 3 is 2.13 bits per heavy atom. The lowest BCUT2D eigenvalue weighted by atomic mass is 10.0. The van der Waals surface area contributed by atoms with Gasteiger partial charge in [-0.3, -0.25) is 0 Å². The summed E-state index contributed by atoms with van der Waals surface area (Å²) in [5, 5.41) is 3.30. The molecular formula is C33H42N4O. The third kappa shape index (κ3) is 7.24. The number of aryl methyl sites for hydroxylation is 1. The van der Waals surface area contributed by atoms with Crippen LogP contribution in [0.2, 0.25) is 0 Å². The smallest absolute Gasteiger partial charge is 0.320 e. The fourth-order valence-electron chi connectivity index (χ4n) is 5.96. The zero-order valence-electron chi connectivity index (χ0n) is 22.6. The first-order valence-electron chi connectivity index (χ1n) is 14.5. The summed E-state index contributed by atoms with van der Waals surface area (Å²) in [5.41, 5.74) is 4.49. The molecule has 0 saturated carbocycles. The number of nitrogens with zero attached hydrogens (tertiary/aromatic N) is 3. The number of likely N-dealkylation sites (tertiary alicyclic amines) is 2. The summed E-state index contributed by atoms with van der Waals surface area (Å²) in [6, 6.07) is 29.6. The van der Waals surface area contributed by atoms with Gasteiger partial charge in [0, 0.05) is 37.8 Å². The molecule has 3 aromatic carbocycles. The van der Waals surface area contributed by atoms with E-state index >= 15 is 0 Å². The van der Waals surface area contributed by atoms with E-state index in [1.54, 1.807) is 0 Å². The number of benzene rings is 3. The molecule has 0 aliphatic carbocycles. The number of carbonyl (C=O) groups is 1. The van der Waals surface area contributed by atoms with Gasteiger partial charge in [0.2, 0.25) is 0 Å². The zero-order valence-corrected chi connectivity index (χ0v) is 22.6. The molecule has 2 saturated heterocycles. The summed E-state index contributed by atoms with van der Waals surface area (Å²) in [7, 11) is 0. The van der Waals surface area contributed by atoms with E-state index in [-0.39, 0.29) is 12.1 Å². The largest absolute Gasteiger partial charge is 0.322 e. The Hall–Kier alpha value is -3.15. The van der Waals surface area contributed by atoms with Crippen molar-refractivity contribution in [3.8, 4) is 11.1 Å². The molecule has 5 nitrogen and oxygen atoms in total. The lowest BCUT2D eigenvalue weighted by Gasteiger charge is -2.39. The van der Waals surface area contributed by atoms with Crippen molar-refractivity contribution in [1.29, 1.82) is 0 Å². The van der Waals surface area contributed by atoms with Crippen LogP contribution in [0.15, 0.2) is 84.9 Å². The zero-order chi connectivity index (χ0) is 26.0. The van der Waals surface area contributed by atoms with E-state index in [1.807, 2.05) is 36.4 Å². The number of hydrogen-bond acceptors (Lipinski definition) is 3. The van der Waals surface area contributed by atoms with Crippen LogP contribution in [0.25, 0.3) is 11.1 Å². The molecule has 0 radical (unpaired) electrons. The molecule has 2 aliphatic rings. The first-order valence-corrected chi connectivity index (χ1v) is 14.5. The number of anilines is 1. The average molecular weight is 511 g/mol. The Labute approximate surface area is 228 Å². The highest BCUT2D eigenvalue weighted by Crippen LogP contribution is 2.28. The van der Waals surface area contributed by atoms with E-state index in [4.69, 9.17) is 0 Å². The van der Waals surface area contributed by atoms with Crippen molar-refractivity contribution < 1.29 is 4.79 Å². The highest BCUT2D eigenvalue weighted by Gasteiger charge is 2.29. The topological polar surface area (TPSA) is 38.8 Å². The van der Waals surface area contributed by atoms with Crippen molar-refractivity contribution in [3.63, 3.8) is 0 Å². The Morgan fingerprint density at radius 2 is 1.39 bits per heavy atom. The number of urea groups is 1. The second-order valence-corrected chi connectivity index (χ2v) is 10.7. The number of carbonyl (C=O) groups excluding carboxylic acids is 1. The van der Waals surface area contributed by atoms with E-state index in [0.29, 0.717) is 0 Å². The number of nitrogens with one attached hydrogen (secondary N) is 1. The molecule has 3 aromatic rings. The van der Waals surface area contributed by atoms with Crippen molar-refractivity contribution >= 4 is 11.7 Å². The third-order valence-electron chi connectivity index (χ3n) is 8.15. The van der Waals surface area contributed by atoms with Crippen LogP contribution in [-0.2, 0) is 6.42 Å². The van der Waals surface area contributed by atoms with Crippen molar-refractivity contribution in [1.82, 2.24) is 14.7 Å². The number of hydrogen-bond donors (Lipinski definition) is 1. The van der Waals surface area contributed by atoms with Crippen LogP contribution in [-0.4, -0.2) is 72.6 Å². The monoisotopic (exact) mass is 510 g/mol. The number of amides is 2. The lowest BCUT2D eigenvalue weighted by Crippen LogP contribution is -2.51. The third-order valence-corrected chi connectivity index (χ3v) is 8.15. The maximum atomic E-state index is 13.8. The van der Waals surface area contributed by atoms with Gasteiger partial charge >= 0.3 is 6.03 Å². The molecule has 1 N–H and O–H groups in total. The Balaban J connectivity index is 1.21. The SMILES string of the molecule is O=C(Nc1ccccc1-c1ccccc1)N(CCN1CCCC1)C1CCN(CCCc2ccccc2)CC1. The molecule has 0 spiro atoms. The fraction of sp³-hybridized carbons (Fsp3) is 0.424. The quantitative estimate of drug-likeness (QED) is 0.344. The van der Waals surface area contributed by atoms with Crippen LogP contribution in [0.1, 0.15) is 37.7 Å². The molecule has 200 valence electrons. The maximum Gasteiger partial charge on any atom is 0.322 e. The molecular weight excluding hydrogens is 468 g/mol. The molecule has 5 rings (SSSR count). The van der Waals surface area contributed by atoms with E-state index in [9.17, 15) is 4.79 Å². The highest BCUT2D eigenvalue weighted by molar-refractivity contribution is 5.94. The van der Waals surface area contributed by atoms with Crippen LogP contribution in [0.4, 0.5) is 10.5 Å². The van der Waals surface area contributed by atoms with Crippen LogP contribution < -0.4 is 5.32 Å². The van der Waals surface area contributed by atoms with Gasteiger partial charge in [0.15, 0.2) is 0 Å². The van der Waals surface area contributed by atoms with Crippen molar-refractivity contribution in [2.24, 2.45) is 0 Å². The van der Waals surface area contributed by atoms with Gasteiger partial charge in [-0.2, -0.15) is 0 Å². The minimum absolute atomic E-state index is 0.0371. The van der Waals surface area contributed by atoms with Gasteiger partial charge in [0.1, 0.15) is 0 Å². The van der Waals surface area contributed by atoms with Crippen molar-refractivity contribution in [2.75, 3.05) is 51.1 Å². The molecule has 0 unspecified atom stereocenters. The highest BCUT2D eigenvalue weighted by atomic mass is 16.2. The molecule has 5 heteroatoms. The Bertz CT molecular complexity index is 1120. The molecule has 2 fully saturated rings. The predicted octanol–water partition coefficient (Wildman–Crippen LogP) is 6.38. The molecule has 0 atom stereocenters. The number of piperidine rings is 1. The minimum atomic E-state index is 0.0371. The molecule has 2 aliphatic heterocycles. The van der Waals surface area contributed by atoms with Crippen LogP contribution in [0.5, 0.6) is 0 Å². The Kier molecular flexibility index (Phi) is 9.46. The Morgan fingerprint density at radius 1 is 0.763 bits per heavy atom. The van der Waals surface area contributed by atoms with E-state index < -0.39 is 0 Å². The lowest BCUT2D eigenvalue weighted by molar-refractivity contribution is 0.119. The summed E-state index contributed by atoms with van der Waals surface area (Å²) in [6.07, 6.45) is 6.95. The van der Waals surface area contributed by atoms with Gasteiger partial charge < -0.3 is 20.0 Å². The van der Waals surface area contributed by atoms with Gasteiger partial charge in [-0.25, -0.2) is 4.79 Å². The second-order valence-electron chi connectivity index (χ2n) is 10.7. The van der Waals surface area contributed by atoms with Gasteiger partial charge in [0.05, 0.1) is 5.69 Å². The van der Waals surface area contributed by atoms with Crippen molar-refractivity contribution in [2.45, 2.75) is 44.6 Å². The molecule has 38 heavy (non-hydrogen) atoms. The second kappa shape index (κ2) is 13.6. The van der Waals surface area contributed by atoms with E-state index in [1.165, 1.54) is 24.8 Å². The minimum Gasteiger partial charge on any atom is -0.320 e. The first kappa shape index (κ1) is 26.5. The number of para-hydroxylation sites is 1. The van der Waals surface area contributed by atoms with Gasteiger partial charge in [-0.1, -0.05) is 78.9 Å². The normalized spacial score (nSPS) is 16.9. The maximum absolute atomic E-state index is 13.8. The predicted molar refractivity (Wildman–Crippen MR) is 158 cm³/mol. The molecule has 2 heterocycles. The summed E-state index contributed by atoms with van der Waals surface area (Å²) >= 11 is 0. The van der Waals surface area contributed by atoms with E-state index in [0.717, 1.165) is 81.9 Å². The van der Waals surface area contributed by atoms with Crippen LogP contribution >= 0.6 is 0 Å². The van der Waals surface area contributed by atoms with Gasteiger partial charge in [-0.05, 0) is 75.4 Å². The fourth-order valence-corrected chi connectivity index (χ4v) is 5.96. The summed E-state index contributed by atoms with van der Waals surface area (Å²) in [6.45, 7) is 7.33. The van der Waals surface area contributed by atoms with E-state index in [2.05, 4.69) is 68.5 Å². The van der Waals surface area contributed by atoms with Crippen molar-refractivity contribution in [3.05, 3.63) is 90.5 Å². The first-order chi connectivity index (χ1) is 18.8. The summed E-state index contributed by atoms with van der Waals surface area (Å²) in [5.74, 6) is 0. The van der Waals surface area contributed by atoms with Crippen LogP contribution in [0, 0.1) is 0 Å². The van der Waals surface area contributed by atoms with Gasteiger partial charge in [0.25, 0.3) is 0 Å². The summed E-state index contributed by atoms with van der Waals surface area (Å²) < 4.78 is 0. The molecule has 2 amide bonds. The average Bonchev–Trinajstić information content (AvgIpc) is 3.49. The molecule has 0 bridgehead atoms. The number of rotatable bonds is 10. The standard InChI is InChI=1S/C33H42N4O/c38-33(34-32-18-8-7-17-31(32)29-15-5-2-6-16-29)37(27-26-35-21-9-10-22-35)30-19-24-36(25-20-30)23-11-14-28-12-3-1-4-13-28/h1-8,12-13,15-18,30H,9-11,14,19-27H2,(H,34,38). The summed E-state index contributed by atoms with van der Waals surface area (Å²) in [4.78, 5) is 21.0.